The zero-order chi connectivity index (χ0) is 12.1. The van der Waals surface area contributed by atoms with Crippen molar-refractivity contribution >= 4 is 0 Å². The Morgan fingerprint density at radius 2 is 2.06 bits per heavy atom. The summed E-state index contributed by atoms with van der Waals surface area (Å²) >= 11 is 0. The van der Waals surface area contributed by atoms with Gasteiger partial charge in [0.15, 0.2) is 5.82 Å². The van der Waals surface area contributed by atoms with Gasteiger partial charge in [-0.2, -0.15) is 4.98 Å². The van der Waals surface area contributed by atoms with Gasteiger partial charge in [0.05, 0.1) is 6.54 Å². The van der Waals surface area contributed by atoms with Gasteiger partial charge in [-0.05, 0) is 18.8 Å². The lowest BCUT2D eigenvalue weighted by Gasteiger charge is -2.19. The third-order valence-corrected chi connectivity index (χ3v) is 3.37. The normalized spacial score (nSPS) is 17.8. The standard InChI is InChI=1S/C13H23N3O/c1-10(2)14-9-12-15-13(17-16-12)8-11-6-4-3-5-7-11/h10-11,14H,3-9H2,1-2H3. The van der Waals surface area contributed by atoms with Crippen LogP contribution in [0.5, 0.6) is 0 Å². The minimum absolute atomic E-state index is 0.454. The predicted molar refractivity (Wildman–Crippen MR) is 66.6 cm³/mol. The third kappa shape index (κ3) is 4.11. The molecule has 1 saturated carbocycles. The monoisotopic (exact) mass is 237 g/mol. The van der Waals surface area contributed by atoms with Crippen molar-refractivity contribution in [3.05, 3.63) is 11.7 Å². The molecule has 0 unspecified atom stereocenters. The molecule has 1 fully saturated rings. The summed E-state index contributed by atoms with van der Waals surface area (Å²) in [5.74, 6) is 2.36. The Labute approximate surface area is 103 Å². The molecule has 1 aromatic rings. The Balaban J connectivity index is 1.80. The molecular formula is C13H23N3O. The summed E-state index contributed by atoms with van der Waals surface area (Å²) in [6.45, 7) is 4.93. The highest BCUT2D eigenvalue weighted by molar-refractivity contribution is 4.88. The highest BCUT2D eigenvalue weighted by Crippen LogP contribution is 2.26. The van der Waals surface area contributed by atoms with Gasteiger partial charge in [0.1, 0.15) is 0 Å². The van der Waals surface area contributed by atoms with Crippen molar-refractivity contribution in [3.8, 4) is 0 Å². The maximum absolute atomic E-state index is 5.30. The molecule has 0 aliphatic heterocycles. The second-order valence-corrected chi connectivity index (χ2v) is 5.35. The molecule has 17 heavy (non-hydrogen) atoms. The van der Waals surface area contributed by atoms with Crippen LogP contribution in [-0.4, -0.2) is 16.2 Å². The van der Waals surface area contributed by atoms with Crippen LogP contribution in [0.15, 0.2) is 4.52 Å². The molecule has 96 valence electrons. The average Bonchev–Trinajstić information content (AvgIpc) is 2.75. The number of hydrogen-bond donors (Lipinski definition) is 1. The Hall–Kier alpha value is -0.900. The average molecular weight is 237 g/mol. The summed E-state index contributed by atoms with van der Waals surface area (Å²) in [6, 6.07) is 0.454. The van der Waals surface area contributed by atoms with Gasteiger partial charge in [0, 0.05) is 12.5 Å². The highest BCUT2D eigenvalue weighted by atomic mass is 16.5. The smallest absolute Gasteiger partial charge is 0.226 e. The minimum Gasteiger partial charge on any atom is -0.339 e. The molecule has 1 aliphatic rings. The van der Waals surface area contributed by atoms with Crippen LogP contribution in [0.4, 0.5) is 0 Å². The molecule has 2 rings (SSSR count). The number of hydrogen-bond acceptors (Lipinski definition) is 4. The lowest BCUT2D eigenvalue weighted by molar-refractivity contribution is 0.303. The first-order valence-corrected chi connectivity index (χ1v) is 6.79. The number of nitrogens with one attached hydrogen (secondary N) is 1. The lowest BCUT2D eigenvalue weighted by Crippen LogP contribution is -2.22. The van der Waals surface area contributed by atoms with Gasteiger partial charge in [0.2, 0.25) is 5.89 Å². The molecule has 1 N–H and O–H groups in total. The quantitative estimate of drug-likeness (QED) is 0.855. The maximum atomic E-state index is 5.30. The Morgan fingerprint density at radius 1 is 1.29 bits per heavy atom. The zero-order valence-electron chi connectivity index (χ0n) is 10.9. The molecule has 0 spiro atoms. The van der Waals surface area contributed by atoms with E-state index in [4.69, 9.17) is 4.52 Å². The summed E-state index contributed by atoms with van der Waals surface area (Å²) in [7, 11) is 0. The number of aromatic nitrogens is 2. The van der Waals surface area contributed by atoms with Gasteiger partial charge in [-0.1, -0.05) is 38.3 Å². The molecular weight excluding hydrogens is 214 g/mol. The van der Waals surface area contributed by atoms with Crippen molar-refractivity contribution in [1.29, 1.82) is 0 Å². The van der Waals surface area contributed by atoms with Crippen LogP contribution in [0.2, 0.25) is 0 Å². The fraction of sp³-hybridized carbons (Fsp3) is 0.846. The van der Waals surface area contributed by atoms with E-state index < -0.39 is 0 Å². The summed E-state index contributed by atoms with van der Waals surface area (Å²) < 4.78 is 5.30. The summed E-state index contributed by atoms with van der Waals surface area (Å²) in [6.07, 6.45) is 7.73. The van der Waals surface area contributed by atoms with E-state index in [1.807, 2.05) is 0 Å². The Morgan fingerprint density at radius 3 is 2.76 bits per heavy atom. The molecule has 0 aromatic carbocycles. The largest absolute Gasteiger partial charge is 0.339 e. The maximum Gasteiger partial charge on any atom is 0.226 e. The van der Waals surface area contributed by atoms with Crippen LogP contribution in [0, 0.1) is 5.92 Å². The van der Waals surface area contributed by atoms with Gasteiger partial charge in [0.25, 0.3) is 0 Å². The van der Waals surface area contributed by atoms with Crippen LogP contribution in [-0.2, 0) is 13.0 Å². The third-order valence-electron chi connectivity index (χ3n) is 3.37. The van der Waals surface area contributed by atoms with Gasteiger partial charge in [-0.25, -0.2) is 0 Å². The topological polar surface area (TPSA) is 51.0 Å². The second kappa shape index (κ2) is 6.15. The second-order valence-electron chi connectivity index (χ2n) is 5.35. The first-order valence-electron chi connectivity index (χ1n) is 6.79. The van der Waals surface area contributed by atoms with Crippen molar-refractivity contribution in [2.24, 2.45) is 5.92 Å². The molecule has 0 atom stereocenters. The van der Waals surface area contributed by atoms with Crippen LogP contribution in [0.25, 0.3) is 0 Å². The van der Waals surface area contributed by atoms with E-state index in [0.29, 0.717) is 12.6 Å². The first-order chi connectivity index (χ1) is 8.24. The fourth-order valence-electron chi connectivity index (χ4n) is 2.38. The van der Waals surface area contributed by atoms with E-state index in [2.05, 4.69) is 29.3 Å². The van der Waals surface area contributed by atoms with Crippen molar-refractivity contribution in [1.82, 2.24) is 15.5 Å². The van der Waals surface area contributed by atoms with Crippen LogP contribution < -0.4 is 5.32 Å². The first kappa shape index (κ1) is 12.6. The van der Waals surface area contributed by atoms with E-state index in [1.165, 1.54) is 32.1 Å². The van der Waals surface area contributed by atoms with E-state index in [9.17, 15) is 0 Å². The molecule has 1 aromatic heterocycles. The number of nitrogens with zero attached hydrogens (tertiary/aromatic N) is 2. The highest BCUT2D eigenvalue weighted by Gasteiger charge is 2.17. The summed E-state index contributed by atoms with van der Waals surface area (Å²) in [4.78, 5) is 4.44. The van der Waals surface area contributed by atoms with E-state index in [0.717, 1.165) is 24.1 Å². The van der Waals surface area contributed by atoms with E-state index in [1.54, 1.807) is 0 Å². The number of rotatable bonds is 5. The van der Waals surface area contributed by atoms with E-state index in [-0.39, 0.29) is 0 Å². The molecule has 1 heterocycles. The molecule has 4 heteroatoms. The fourth-order valence-corrected chi connectivity index (χ4v) is 2.38. The molecule has 1 aliphatic carbocycles. The summed E-state index contributed by atoms with van der Waals surface area (Å²) in [5.41, 5.74) is 0. The SMILES string of the molecule is CC(C)NCc1noc(CC2CCCCC2)n1. The molecule has 4 nitrogen and oxygen atoms in total. The van der Waals surface area contributed by atoms with Crippen molar-refractivity contribution < 1.29 is 4.52 Å². The zero-order valence-corrected chi connectivity index (χ0v) is 10.9. The molecule has 0 bridgehead atoms. The Bertz CT molecular complexity index is 329. The predicted octanol–water partition coefficient (Wildman–Crippen LogP) is 2.69. The molecule has 0 amide bonds. The molecule has 0 saturated heterocycles. The van der Waals surface area contributed by atoms with E-state index >= 15 is 0 Å². The molecule has 0 radical (unpaired) electrons. The van der Waals surface area contributed by atoms with Gasteiger partial charge < -0.3 is 9.84 Å². The van der Waals surface area contributed by atoms with Gasteiger partial charge in [-0.15, -0.1) is 0 Å². The Kier molecular flexibility index (Phi) is 4.54. The van der Waals surface area contributed by atoms with Gasteiger partial charge >= 0.3 is 0 Å². The lowest BCUT2D eigenvalue weighted by atomic mass is 9.87. The van der Waals surface area contributed by atoms with Crippen LogP contribution in [0.1, 0.15) is 57.7 Å². The van der Waals surface area contributed by atoms with Gasteiger partial charge in [-0.3, -0.25) is 0 Å². The van der Waals surface area contributed by atoms with Crippen molar-refractivity contribution in [3.63, 3.8) is 0 Å². The van der Waals surface area contributed by atoms with Crippen molar-refractivity contribution in [2.45, 2.75) is 65.0 Å². The minimum atomic E-state index is 0.454. The van der Waals surface area contributed by atoms with Crippen LogP contribution in [0.3, 0.4) is 0 Å². The van der Waals surface area contributed by atoms with Crippen molar-refractivity contribution in [2.75, 3.05) is 0 Å². The summed E-state index contributed by atoms with van der Waals surface area (Å²) in [5, 5.41) is 7.30. The van der Waals surface area contributed by atoms with Crippen LogP contribution >= 0.6 is 0 Å².